The summed E-state index contributed by atoms with van der Waals surface area (Å²) in [7, 11) is 0. The molecule has 0 aliphatic rings. The van der Waals surface area contributed by atoms with Gasteiger partial charge >= 0.3 is 5.69 Å². The Morgan fingerprint density at radius 3 is 2.65 bits per heavy atom. The van der Waals surface area contributed by atoms with Crippen molar-refractivity contribution in [2.24, 2.45) is 0 Å². The summed E-state index contributed by atoms with van der Waals surface area (Å²) in [5, 5.41) is 11.3. The predicted octanol–water partition coefficient (Wildman–Crippen LogP) is 4.89. The van der Waals surface area contributed by atoms with Gasteiger partial charge < -0.3 is 4.74 Å². The van der Waals surface area contributed by atoms with Crippen molar-refractivity contribution in [3.05, 3.63) is 82.2 Å². The Morgan fingerprint density at radius 2 is 2.04 bits per heavy atom. The third kappa shape index (κ3) is 5.29. The van der Waals surface area contributed by atoms with Gasteiger partial charge in [-0.1, -0.05) is 36.9 Å². The van der Waals surface area contributed by atoms with Crippen molar-refractivity contribution in [2.45, 2.75) is 19.5 Å². The van der Waals surface area contributed by atoms with Crippen LogP contribution in [0.1, 0.15) is 23.7 Å². The first-order valence-electron chi connectivity index (χ1n) is 7.78. The summed E-state index contributed by atoms with van der Waals surface area (Å²) >= 11 is 0. The second kappa shape index (κ2) is 8.44. The minimum absolute atomic E-state index is 0.0331. The van der Waals surface area contributed by atoms with Crippen LogP contribution in [0.25, 0.3) is 11.6 Å². The van der Waals surface area contributed by atoms with E-state index < -0.39 is 17.5 Å². The highest BCUT2D eigenvalue weighted by Gasteiger charge is 2.27. The number of nitro groups is 1. The maximum Gasteiger partial charge on any atom is 0.302 e. The lowest BCUT2D eigenvalue weighted by molar-refractivity contribution is -0.385. The molecule has 0 aliphatic heterocycles. The van der Waals surface area contributed by atoms with Crippen LogP contribution in [0.2, 0.25) is 0 Å². The molecule has 2 rings (SSSR count). The van der Waals surface area contributed by atoms with Gasteiger partial charge in [0.25, 0.3) is 5.92 Å². The molecule has 0 atom stereocenters. The molecule has 0 fully saturated rings. The lowest BCUT2D eigenvalue weighted by Gasteiger charge is -2.12. The SMILES string of the molecule is C=C(C)c1nccc(/C=C/C(F)(F)COCc2ccccc2)c1[N+](=O)[O-]. The molecule has 26 heavy (non-hydrogen) atoms. The summed E-state index contributed by atoms with van der Waals surface area (Å²) in [6.45, 7) is 4.42. The third-order valence-corrected chi connectivity index (χ3v) is 3.46. The Bertz CT molecular complexity index is 821. The fourth-order valence-electron chi connectivity index (χ4n) is 2.25. The number of benzene rings is 1. The molecule has 0 saturated heterocycles. The van der Waals surface area contributed by atoms with Crippen LogP contribution in [0.4, 0.5) is 14.5 Å². The van der Waals surface area contributed by atoms with E-state index in [1.165, 1.54) is 12.3 Å². The number of hydrogen-bond acceptors (Lipinski definition) is 4. The molecule has 2 aromatic rings. The Hall–Kier alpha value is -2.93. The summed E-state index contributed by atoms with van der Waals surface area (Å²) < 4.78 is 33.0. The lowest BCUT2D eigenvalue weighted by atomic mass is 10.1. The maximum atomic E-state index is 14.0. The van der Waals surface area contributed by atoms with E-state index in [1.807, 2.05) is 6.07 Å². The molecule has 136 valence electrons. The fraction of sp³-hybridized carbons (Fsp3) is 0.211. The molecule has 0 spiro atoms. The molecule has 1 heterocycles. The first kappa shape index (κ1) is 19.4. The van der Waals surface area contributed by atoms with Crippen LogP contribution in [0, 0.1) is 10.1 Å². The Balaban J connectivity index is 2.11. The van der Waals surface area contributed by atoms with Gasteiger partial charge in [-0.05, 0) is 36.3 Å². The Labute approximate surface area is 149 Å². The minimum atomic E-state index is -3.27. The Kier molecular flexibility index (Phi) is 6.30. The second-order valence-electron chi connectivity index (χ2n) is 5.71. The van der Waals surface area contributed by atoms with Crippen LogP contribution in [-0.2, 0) is 11.3 Å². The fourth-order valence-corrected chi connectivity index (χ4v) is 2.25. The van der Waals surface area contributed by atoms with Crippen LogP contribution in [0.3, 0.4) is 0 Å². The number of aromatic nitrogens is 1. The number of pyridine rings is 1. The van der Waals surface area contributed by atoms with Gasteiger partial charge in [-0.15, -0.1) is 0 Å². The number of alkyl halides is 2. The normalized spacial score (nSPS) is 11.7. The van der Waals surface area contributed by atoms with Crippen molar-refractivity contribution in [1.82, 2.24) is 4.98 Å². The van der Waals surface area contributed by atoms with Gasteiger partial charge in [0.05, 0.1) is 17.1 Å². The summed E-state index contributed by atoms with van der Waals surface area (Å²) in [6, 6.07) is 10.3. The summed E-state index contributed by atoms with van der Waals surface area (Å²) in [4.78, 5) is 14.5. The molecule has 1 aromatic heterocycles. The molecule has 0 N–H and O–H groups in total. The number of allylic oxidation sites excluding steroid dienone is 1. The lowest BCUT2D eigenvalue weighted by Crippen LogP contribution is -2.20. The number of ether oxygens (including phenoxy) is 1. The molecule has 1 aromatic carbocycles. The summed E-state index contributed by atoms with van der Waals surface area (Å²) in [6.07, 6.45) is 2.93. The molecule has 0 aliphatic carbocycles. The van der Waals surface area contributed by atoms with Gasteiger partial charge in [-0.2, -0.15) is 8.78 Å². The highest BCUT2D eigenvalue weighted by Crippen LogP contribution is 2.29. The standard InChI is InChI=1S/C19H18F2N2O3/c1-14(2)17-18(23(24)25)16(9-11-22-17)8-10-19(20,21)13-26-12-15-6-4-3-5-7-15/h3-11H,1,12-13H2,2H3/b10-8+. The first-order valence-corrected chi connectivity index (χ1v) is 7.78. The van der Waals surface area contributed by atoms with Crippen LogP contribution >= 0.6 is 0 Å². The van der Waals surface area contributed by atoms with Crippen molar-refractivity contribution in [3.8, 4) is 0 Å². The van der Waals surface area contributed by atoms with Crippen LogP contribution in [0.5, 0.6) is 0 Å². The van der Waals surface area contributed by atoms with E-state index in [-0.39, 0.29) is 23.6 Å². The number of halogens is 2. The van der Waals surface area contributed by atoms with Gasteiger partial charge in [0.1, 0.15) is 12.3 Å². The average Bonchev–Trinajstić information content (AvgIpc) is 2.60. The van der Waals surface area contributed by atoms with E-state index in [2.05, 4.69) is 11.6 Å². The zero-order valence-corrected chi connectivity index (χ0v) is 14.2. The van der Waals surface area contributed by atoms with Crippen molar-refractivity contribution >= 4 is 17.3 Å². The van der Waals surface area contributed by atoms with E-state index in [1.54, 1.807) is 31.2 Å². The third-order valence-electron chi connectivity index (χ3n) is 3.46. The van der Waals surface area contributed by atoms with Crippen LogP contribution in [0.15, 0.2) is 55.3 Å². The molecule has 0 bridgehead atoms. The van der Waals surface area contributed by atoms with E-state index in [9.17, 15) is 18.9 Å². The van der Waals surface area contributed by atoms with Crippen molar-refractivity contribution in [2.75, 3.05) is 6.61 Å². The van der Waals surface area contributed by atoms with Gasteiger partial charge in [-0.3, -0.25) is 10.1 Å². The number of hydrogen-bond donors (Lipinski definition) is 0. The largest absolute Gasteiger partial charge is 0.370 e. The van der Waals surface area contributed by atoms with Crippen molar-refractivity contribution in [3.63, 3.8) is 0 Å². The van der Waals surface area contributed by atoms with Gasteiger partial charge in [-0.25, -0.2) is 4.98 Å². The zero-order chi connectivity index (χ0) is 19.2. The van der Waals surface area contributed by atoms with Gasteiger partial charge in [0.15, 0.2) is 0 Å². The second-order valence-corrected chi connectivity index (χ2v) is 5.71. The minimum Gasteiger partial charge on any atom is -0.370 e. The molecule has 5 nitrogen and oxygen atoms in total. The molecular weight excluding hydrogens is 342 g/mol. The molecule has 7 heteroatoms. The number of rotatable bonds is 8. The van der Waals surface area contributed by atoms with Gasteiger partial charge in [0, 0.05) is 6.20 Å². The highest BCUT2D eigenvalue weighted by molar-refractivity contribution is 5.73. The average molecular weight is 360 g/mol. The smallest absolute Gasteiger partial charge is 0.302 e. The van der Waals surface area contributed by atoms with Crippen LogP contribution < -0.4 is 0 Å². The van der Waals surface area contributed by atoms with E-state index >= 15 is 0 Å². The molecule has 0 unspecified atom stereocenters. The molecule has 0 radical (unpaired) electrons. The summed E-state index contributed by atoms with van der Waals surface area (Å²) in [5.74, 6) is -3.27. The zero-order valence-electron chi connectivity index (χ0n) is 14.2. The topological polar surface area (TPSA) is 65.3 Å². The van der Waals surface area contributed by atoms with E-state index in [0.717, 1.165) is 11.6 Å². The quantitative estimate of drug-likeness (QED) is 0.497. The molecule has 0 saturated carbocycles. The van der Waals surface area contributed by atoms with Crippen molar-refractivity contribution in [1.29, 1.82) is 0 Å². The Morgan fingerprint density at radius 1 is 1.35 bits per heavy atom. The monoisotopic (exact) mass is 360 g/mol. The van der Waals surface area contributed by atoms with Crippen molar-refractivity contribution < 1.29 is 18.4 Å². The van der Waals surface area contributed by atoms with E-state index in [0.29, 0.717) is 11.6 Å². The molecule has 0 amide bonds. The first-order chi connectivity index (χ1) is 12.3. The maximum absolute atomic E-state index is 14.0. The molecular formula is C19H18F2N2O3. The number of nitrogens with zero attached hydrogens (tertiary/aromatic N) is 2. The van der Waals surface area contributed by atoms with E-state index in [4.69, 9.17) is 4.74 Å². The van der Waals surface area contributed by atoms with Gasteiger partial charge in [0.2, 0.25) is 0 Å². The highest BCUT2D eigenvalue weighted by atomic mass is 19.3. The van der Waals surface area contributed by atoms with Crippen LogP contribution in [-0.4, -0.2) is 22.4 Å². The predicted molar refractivity (Wildman–Crippen MR) is 95.7 cm³/mol. The summed E-state index contributed by atoms with van der Waals surface area (Å²) in [5.41, 5.74) is 0.914.